The Balaban J connectivity index is 1.92. The van der Waals surface area contributed by atoms with Crippen LogP contribution in [0.25, 0.3) is 0 Å². The van der Waals surface area contributed by atoms with Gasteiger partial charge in [0.2, 0.25) is 5.91 Å². The van der Waals surface area contributed by atoms with Crippen molar-refractivity contribution in [2.24, 2.45) is 0 Å². The molecule has 5 heteroatoms. The summed E-state index contributed by atoms with van der Waals surface area (Å²) in [6, 6.07) is 14.7. The van der Waals surface area contributed by atoms with Gasteiger partial charge < -0.3 is 5.32 Å². The van der Waals surface area contributed by atoms with Crippen molar-refractivity contribution in [2.45, 2.75) is 11.8 Å². The number of Topliss-reactive ketones (excluding diaryl/α,β-unsaturated/α-hetero) is 1. The van der Waals surface area contributed by atoms with Crippen LogP contribution in [0, 0.1) is 0 Å². The van der Waals surface area contributed by atoms with Crippen molar-refractivity contribution in [2.75, 3.05) is 11.1 Å². The minimum absolute atomic E-state index is 0.0241. The fraction of sp³-hybridized carbons (Fsp3) is 0.125. The zero-order valence-electron chi connectivity index (χ0n) is 11.4. The van der Waals surface area contributed by atoms with E-state index in [2.05, 4.69) is 21.2 Å². The van der Waals surface area contributed by atoms with Crippen LogP contribution in [0.2, 0.25) is 0 Å². The van der Waals surface area contributed by atoms with E-state index in [1.807, 2.05) is 36.4 Å². The summed E-state index contributed by atoms with van der Waals surface area (Å²) in [5.41, 5.74) is 1.42. The quantitative estimate of drug-likeness (QED) is 0.633. The molecule has 0 bridgehead atoms. The Morgan fingerprint density at radius 1 is 1.14 bits per heavy atom. The number of thioether (sulfide) groups is 1. The van der Waals surface area contributed by atoms with Crippen molar-refractivity contribution >= 4 is 45.1 Å². The van der Waals surface area contributed by atoms with Gasteiger partial charge in [0.25, 0.3) is 0 Å². The van der Waals surface area contributed by atoms with E-state index < -0.39 is 0 Å². The first kappa shape index (κ1) is 15.8. The standard InChI is InChI=1S/C16H14BrNO2S/c1-11(19)12-4-2-7-15(8-12)21-10-16(20)18-14-6-3-5-13(17)9-14/h2-9H,10H2,1H3,(H,18,20). The van der Waals surface area contributed by atoms with Gasteiger partial charge in [-0.1, -0.05) is 34.1 Å². The molecule has 3 nitrogen and oxygen atoms in total. The molecule has 21 heavy (non-hydrogen) atoms. The largest absolute Gasteiger partial charge is 0.325 e. The maximum absolute atomic E-state index is 11.9. The van der Waals surface area contributed by atoms with Crippen molar-refractivity contribution in [1.29, 1.82) is 0 Å². The maximum atomic E-state index is 11.9. The Morgan fingerprint density at radius 3 is 2.62 bits per heavy atom. The van der Waals surface area contributed by atoms with Gasteiger partial charge in [-0.15, -0.1) is 11.8 Å². The predicted molar refractivity (Wildman–Crippen MR) is 89.9 cm³/mol. The molecule has 108 valence electrons. The average Bonchev–Trinajstić information content (AvgIpc) is 2.45. The molecule has 0 aliphatic carbocycles. The number of hydrogen-bond donors (Lipinski definition) is 1. The van der Waals surface area contributed by atoms with E-state index in [-0.39, 0.29) is 11.7 Å². The molecule has 0 aliphatic heterocycles. The highest BCUT2D eigenvalue weighted by Gasteiger charge is 2.06. The van der Waals surface area contributed by atoms with Crippen LogP contribution in [0.1, 0.15) is 17.3 Å². The van der Waals surface area contributed by atoms with Crippen molar-refractivity contribution in [3.05, 3.63) is 58.6 Å². The van der Waals surface area contributed by atoms with E-state index in [9.17, 15) is 9.59 Å². The summed E-state index contributed by atoms with van der Waals surface area (Å²) in [4.78, 5) is 24.1. The van der Waals surface area contributed by atoms with Crippen LogP contribution in [0.3, 0.4) is 0 Å². The normalized spacial score (nSPS) is 10.2. The molecule has 2 rings (SSSR count). The molecule has 1 N–H and O–H groups in total. The van der Waals surface area contributed by atoms with Gasteiger partial charge in [-0.3, -0.25) is 9.59 Å². The van der Waals surface area contributed by atoms with Gasteiger partial charge in [0, 0.05) is 20.6 Å². The van der Waals surface area contributed by atoms with Gasteiger partial charge in [0.05, 0.1) is 5.75 Å². The van der Waals surface area contributed by atoms with Crippen LogP contribution in [0.5, 0.6) is 0 Å². The number of nitrogens with one attached hydrogen (secondary N) is 1. The number of benzene rings is 2. The van der Waals surface area contributed by atoms with E-state index in [0.29, 0.717) is 11.3 Å². The third kappa shape index (κ3) is 5.02. The third-order valence-electron chi connectivity index (χ3n) is 2.72. The summed E-state index contributed by atoms with van der Waals surface area (Å²) in [5.74, 6) is 0.246. The van der Waals surface area contributed by atoms with Crippen LogP contribution in [-0.2, 0) is 4.79 Å². The van der Waals surface area contributed by atoms with Crippen molar-refractivity contribution in [3.8, 4) is 0 Å². The molecule has 0 fully saturated rings. The topological polar surface area (TPSA) is 46.2 Å². The predicted octanol–water partition coefficient (Wildman–Crippen LogP) is 4.38. The van der Waals surface area contributed by atoms with E-state index in [1.54, 1.807) is 12.1 Å². The molecule has 0 unspecified atom stereocenters. The average molecular weight is 364 g/mol. The Bertz CT molecular complexity index is 673. The Morgan fingerprint density at radius 2 is 1.90 bits per heavy atom. The summed E-state index contributed by atoms with van der Waals surface area (Å²) in [7, 11) is 0. The number of ketones is 1. The molecule has 0 saturated heterocycles. The first-order chi connectivity index (χ1) is 10.0. The Kier molecular flexibility index (Phi) is 5.59. The molecule has 2 aromatic rings. The second-order valence-electron chi connectivity index (χ2n) is 4.43. The fourth-order valence-electron chi connectivity index (χ4n) is 1.72. The summed E-state index contributed by atoms with van der Waals surface area (Å²) < 4.78 is 0.919. The molecule has 0 radical (unpaired) electrons. The van der Waals surface area contributed by atoms with Gasteiger partial charge in [-0.25, -0.2) is 0 Å². The van der Waals surface area contributed by atoms with Gasteiger partial charge in [-0.05, 0) is 37.3 Å². The number of rotatable bonds is 5. The summed E-state index contributed by atoms with van der Waals surface area (Å²) >= 11 is 4.77. The Hall–Kier alpha value is -1.59. The van der Waals surface area contributed by atoms with Gasteiger partial charge in [0.15, 0.2) is 5.78 Å². The lowest BCUT2D eigenvalue weighted by Crippen LogP contribution is -2.13. The maximum Gasteiger partial charge on any atom is 0.234 e. The summed E-state index contributed by atoms with van der Waals surface area (Å²) in [6.07, 6.45) is 0. The van der Waals surface area contributed by atoms with E-state index in [1.165, 1.54) is 18.7 Å². The summed E-state index contributed by atoms with van der Waals surface area (Å²) in [6.45, 7) is 1.53. The first-order valence-electron chi connectivity index (χ1n) is 6.34. The first-order valence-corrected chi connectivity index (χ1v) is 8.11. The molecule has 1 amide bonds. The number of halogens is 1. The molecule has 0 aromatic heterocycles. The van der Waals surface area contributed by atoms with Crippen LogP contribution in [0.15, 0.2) is 57.9 Å². The van der Waals surface area contributed by atoms with E-state index in [4.69, 9.17) is 0 Å². The van der Waals surface area contributed by atoms with Crippen LogP contribution >= 0.6 is 27.7 Å². The fourth-order valence-corrected chi connectivity index (χ4v) is 2.87. The van der Waals surface area contributed by atoms with E-state index >= 15 is 0 Å². The SMILES string of the molecule is CC(=O)c1cccc(SCC(=O)Nc2cccc(Br)c2)c1. The highest BCUT2D eigenvalue weighted by atomic mass is 79.9. The third-order valence-corrected chi connectivity index (χ3v) is 4.21. The molecule has 0 aliphatic rings. The lowest BCUT2D eigenvalue weighted by atomic mass is 10.2. The lowest BCUT2D eigenvalue weighted by molar-refractivity contribution is -0.113. The van der Waals surface area contributed by atoms with Crippen LogP contribution < -0.4 is 5.32 Å². The molecule has 2 aromatic carbocycles. The minimum atomic E-state index is -0.0775. The molecule has 0 atom stereocenters. The number of carbonyl (C=O) groups is 2. The highest BCUT2D eigenvalue weighted by molar-refractivity contribution is 9.10. The van der Waals surface area contributed by atoms with Crippen molar-refractivity contribution in [3.63, 3.8) is 0 Å². The van der Waals surface area contributed by atoms with E-state index in [0.717, 1.165) is 15.1 Å². The Labute approximate surface area is 136 Å². The van der Waals surface area contributed by atoms with Crippen LogP contribution in [-0.4, -0.2) is 17.4 Å². The molecular weight excluding hydrogens is 350 g/mol. The molecular formula is C16H14BrNO2S. The number of amides is 1. The van der Waals surface area contributed by atoms with Gasteiger partial charge in [-0.2, -0.15) is 0 Å². The number of carbonyl (C=O) groups excluding carboxylic acids is 2. The molecule has 0 saturated carbocycles. The minimum Gasteiger partial charge on any atom is -0.325 e. The molecule has 0 heterocycles. The zero-order chi connectivity index (χ0) is 15.2. The van der Waals surface area contributed by atoms with Crippen molar-refractivity contribution < 1.29 is 9.59 Å². The van der Waals surface area contributed by atoms with Crippen LogP contribution in [0.4, 0.5) is 5.69 Å². The summed E-state index contributed by atoms with van der Waals surface area (Å²) in [5, 5.41) is 2.83. The van der Waals surface area contributed by atoms with Crippen molar-refractivity contribution in [1.82, 2.24) is 0 Å². The molecule has 0 spiro atoms. The smallest absolute Gasteiger partial charge is 0.234 e. The second kappa shape index (κ2) is 7.43. The van der Waals surface area contributed by atoms with Gasteiger partial charge >= 0.3 is 0 Å². The van der Waals surface area contributed by atoms with Gasteiger partial charge in [0.1, 0.15) is 0 Å². The lowest BCUT2D eigenvalue weighted by Gasteiger charge is -2.06. The second-order valence-corrected chi connectivity index (χ2v) is 6.40. The number of hydrogen-bond acceptors (Lipinski definition) is 3. The highest BCUT2D eigenvalue weighted by Crippen LogP contribution is 2.20. The number of anilines is 1. The monoisotopic (exact) mass is 363 g/mol. The zero-order valence-corrected chi connectivity index (χ0v) is 13.8.